The highest BCUT2D eigenvalue weighted by Gasteiger charge is 2.15. The van der Waals surface area contributed by atoms with Crippen LogP contribution in [0.15, 0.2) is 12.3 Å². The van der Waals surface area contributed by atoms with E-state index in [2.05, 4.69) is 50.0 Å². The molecule has 110 valence electrons. The number of aromatic nitrogens is 3. The summed E-state index contributed by atoms with van der Waals surface area (Å²) in [4.78, 5) is 4.51. The highest BCUT2D eigenvalue weighted by atomic mass is 15.3. The molecular weight excluding hydrogens is 248 g/mol. The Bertz CT molecular complexity index is 585. The summed E-state index contributed by atoms with van der Waals surface area (Å²) < 4.78 is 1.94. The Labute approximate surface area is 121 Å². The maximum atomic E-state index is 4.51. The maximum Gasteiger partial charge on any atom is 0.155 e. The summed E-state index contributed by atoms with van der Waals surface area (Å²) in [6.07, 6.45) is 3.16. The van der Waals surface area contributed by atoms with Crippen LogP contribution in [-0.4, -0.2) is 20.6 Å². The number of rotatable bonds is 5. The summed E-state index contributed by atoms with van der Waals surface area (Å²) in [6, 6.07) is 2.79. The Balaban J connectivity index is 2.21. The van der Waals surface area contributed by atoms with E-state index in [1.165, 1.54) is 17.7 Å². The molecule has 0 aliphatic rings. The van der Waals surface area contributed by atoms with Gasteiger partial charge in [0.25, 0.3) is 0 Å². The zero-order valence-electron chi connectivity index (χ0n) is 13.4. The molecule has 0 amide bonds. The lowest BCUT2D eigenvalue weighted by atomic mass is 10.0. The van der Waals surface area contributed by atoms with Crippen molar-refractivity contribution in [3.8, 4) is 0 Å². The number of aryl methyl sites for hydroxylation is 2. The third-order valence-electron chi connectivity index (χ3n) is 3.71. The van der Waals surface area contributed by atoms with Gasteiger partial charge in [0.2, 0.25) is 0 Å². The van der Waals surface area contributed by atoms with E-state index in [0.717, 1.165) is 11.3 Å². The molecule has 0 fully saturated rings. The van der Waals surface area contributed by atoms with Gasteiger partial charge in [-0.15, -0.1) is 0 Å². The molecule has 0 aromatic carbocycles. The van der Waals surface area contributed by atoms with Crippen molar-refractivity contribution in [3.63, 3.8) is 0 Å². The quantitative estimate of drug-likeness (QED) is 0.908. The topological polar surface area (TPSA) is 42.2 Å². The molecule has 0 saturated heterocycles. The van der Waals surface area contributed by atoms with Gasteiger partial charge in [-0.05, 0) is 40.0 Å². The van der Waals surface area contributed by atoms with Crippen molar-refractivity contribution < 1.29 is 0 Å². The van der Waals surface area contributed by atoms with Crippen LogP contribution in [0.2, 0.25) is 0 Å². The molecule has 2 heterocycles. The maximum absolute atomic E-state index is 4.51. The zero-order chi connectivity index (χ0) is 14.9. The van der Waals surface area contributed by atoms with Crippen LogP contribution in [0, 0.1) is 19.8 Å². The van der Waals surface area contributed by atoms with Gasteiger partial charge in [-0.2, -0.15) is 5.10 Å². The average Bonchev–Trinajstić information content (AvgIpc) is 2.69. The van der Waals surface area contributed by atoms with E-state index < -0.39 is 0 Å². The summed E-state index contributed by atoms with van der Waals surface area (Å²) in [6.45, 7) is 13.1. The molecule has 1 N–H and O–H groups in total. The van der Waals surface area contributed by atoms with Crippen LogP contribution in [0.25, 0.3) is 5.65 Å². The molecule has 2 unspecified atom stereocenters. The van der Waals surface area contributed by atoms with Crippen LogP contribution in [0.4, 0.5) is 0 Å². The second-order valence-electron chi connectivity index (χ2n) is 6.27. The summed E-state index contributed by atoms with van der Waals surface area (Å²) >= 11 is 0. The van der Waals surface area contributed by atoms with Crippen LogP contribution in [0.5, 0.6) is 0 Å². The lowest BCUT2D eigenvalue weighted by molar-refractivity contribution is 0.405. The molecule has 0 saturated carbocycles. The Hall–Kier alpha value is -1.42. The van der Waals surface area contributed by atoms with Gasteiger partial charge in [-0.25, -0.2) is 9.50 Å². The first-order valence-corrected chi connectivity index (χ1v) is 7.46. The molecule has 0 aliphatic heterocycles. The van der Waals surface area contributed by atoms with Crippen molar-refractivity contribution in [1.29, 1.82) is 0 Å². The van der Waals surface area contributed by atoms with Crippen molar-refractivity contribution >= 4 is 5.65 Å². The summed E-state index contributed by atoms with van der Waals surface area (Å²) in [7, 11) is 0. The predicted molar refractivity (Wildman–Crippen MR) is 82.9 cm³/mol. The molecule has 0 radical (unpaired) electrons. The van der Waals surface area contributed by atoms with Gasteiger partial charge >= 0.3 is 0 Å². The Morgan fingerprint density at radius 2 is 1.90 bits per heavy atom. The molecule has 4 heteroatoms. The first-order valence-electron chi connectivity index (χ1n) is 7.46. The smallest absolute Gasteiger partial charge is 0.155 e. The third kappa shape index (κ3) is 3.18. The SMILES string of the molecule is Cc1cc2ncc(C(C)NC(C)CC(C)C)c(C)n2n1. The van der Waals surface area contributed by atoms with Crippen molar-refractivity contribution in [1.82, 2.24) is 19.9 Å². The lowest BCUT2D eigenvalue weighted by Crippen LogP contribution is -2.30. The number of fused-ring (bicyclic) bond motifs is 1. The van der Waals surface area contributed by atoms with Crippen molar-refractivity contribution in [2.24, 2.45) is 5.92 Å². The monoisotopic (exact) mass is 274 g/mol. The number of nitrogens with zero attached hydrogens (tertiary/aromatic N) is 3. The molecule has 2 aromatic rings. The molecule has 2 aromatic heterocycles. The fourth-order valence-electron chi connectivity index (χ4n) is 2.89. The van der Waals surface area contributed by atoms with E-state index in [-0.39, 0.29) is 6.04 Å². The van der Waals surface area contributed by atoms with Gasteiger partial charge < -0.3 is 5.32 Å². The molecule has 0 aliphatic carbocycles. The Kier molecular flexibility index (Phi) is 4.43. The molecular formula is C16H26N4. The minimum Gasteiger partial charge on any atom is -0.308 e. The van der Waals surface area contributed by atoms with Gasteiger partial charge in [-0.1, -0.05) is 13.8 Å². The minimum atomic E-state index is 0.283. The standard InChI is InChI=1S/C16H26N4/c1-10(2)7-11(3)18-13(5)15-9-17-16-8-12(4)19-20(16)14(15)6/h8-11,13,18H,7H2,1-6H3. The number of hydrogen-bond acceptors (Lipinski definition) is 3. The van der Waals surface area contributed by atoms with Crippen LogP contribution >= 0.6 is 0 Å². The van der Waals surface area contributed by atoms with Crippen LogP contribution in [0.3, 0.4) is 0 Å². The van der Waals surface area contributed by atoms with E-state index in [1.807, 2.05) is 23.7 Å². The summed E-state index contributed by atoms with van der Waals surface area (Å²) in [5.74, 6) is 0.708. The largest absolute Gasteiger partial charge is 0.308 e. The van der Waals surface area contributed by atoms with Gasteiger partial charge in [0.05, 0.1) is 5.69 Å². The fourth-order valence-corrected chi connectivity index (χ4v) is 2.89. The van der Waals surface area contributed by atoms with E-state index >= 15 is 0 Å². The third-order valence-corrected chi connectivity index (χ3v) is 3.71. The van der Waals surface area contributed by atoms with E-state index in [1.54, 1.807) is 0 Å². The van der Waals surface area contributed by atoms with Crippen molar-refractivity contribution in [2.75, 3.05) is 0 Å². The normalized spacial score (nSPS) is 14.9. The van der Waals surface area contributed by atoms with Crippen molar-refractivity contribution in [3.05, 3.63) is 29.2 Å². The zero-order valence-corrected chi connectivity index (χ0v) is 13.4. The van der Waals surface area contributed by atoms with Crippen LogP contribution < -0.4 is 5.32 Å². The van der Waals surface area contributed by atoms with Crippen molar-refractivity contribution in [2.45, 2.75) is 60.0 Å². The predicted octanol–water partition coefficient (Wildman–Crippen LogP) is 3.43. The van der Waals surface area contributed by atoms with Gasteiger partial charge in [0.15, 0.2) is 5.65 Å². The minimum absolute atomic E-state index is 0.283. The summed E-state index contributed by atoms with van der Waals surface area (Å²) in [5, 5.41) is 8.17. The fraction of sp³-hybridized carbons (Fsp3) is 0.625. The van der Waals surface area contributed by atoms with E-state index in [4.69, 9.17) is 0 Å². The van der Waals surface area contributed by atoms with Crippen LogP contribution in [0.1, 0.15) is 57.1 Å². The summed E-state index contributed by atoms with van der Waals surface area (Å²) in [5.41, 5.74) is 4.31. The Morgan fingerprint density at radius 1 is 1.20 bits per heavy atom. The second kappa shape index (κ2) is 5.92. The molecule has 2 atom stereocenters. The molecule has 4 nitrogen and oxygen atoms in total. The first-order chi connectivity index (χ1) is 9.38. The molecule has 0 spiro atoms. The highest BCUT2D eigenvalue weighted by Crippen LogP contribution is 2.19. The molecule has 0 bridgehead atoms. The van der Waals surface area contributed by atoms with Crippen LogP contribution in [-0.2, 0) is 0 Å². The van der Waals surface area contributed by atoms with E-state index in [0.29, 0.717) is 12.0 Å². The highest BCUT2D eigenvalue weighted by molar-refractivity contribution is 5.42. The van der Waals surface area contributed by atoms with E-state index in [9.17, 15) is 0 Å². The second-order valence-corrected chi connectivity index (χ2v) is 6.27. The first kappa shape index (κ1) is 15.0. The lowest BCUT2D eigenvalue weighted by Gasteiger charge is -2.22. The van der Waals surface area contributed by atoms with Gasteiger partial charge in [-0.3, -0.25) is 0 Å². The number of hydrogen-bond donors (Lipinski definition) is 1. The van der Waals surface area contributed by atoms with Gasteiger partial charge in [0.1, 0.15) is 0 Å². The average molecular weight is 274 g/mol. The Morgan fingerprint density at radius 3 is 2.55 bits per heavy atom. The van der Waals surface area contributed by atoms with Gasteiger partial charge in [0, 0.05) is 35.6 Å². The molecule has 2 rings (SSSR count). The number of nitrogens with one attached hydrogen (secondary N) is 1. The molecule has 20 heavy (non-hydrogen) atoms.